The highest BCUT2D eigenvalue weighted by molar-refractivity contribution is 7.99. The van der Waals surface area contributed by atoms with E-state index in [-0.39, 0.29) is 12.5 Å². The predicted octanol–water partition coefficient (Wildman–Crippen LogP) is 2.11. The van der Waals surface area contributed by atoms with Crippen molar-refractivity contribution >= 4 is 29.0 Å². The molecule has 2 heterocycles. The molecule has 1 aromatic heterocycles. The lowest BCUT2D eigenvalue weighted by molar-refractivity contribution is 0.0957. The van der Waals surface area contributed by atoms with E-state index in [0.717, 1.165) is 11.4 Å². The molecule has 0 aliphatic carbocycles. The molecule has 1 fully saturated rings. The maximum Gasteiger partial charge on any atom is 0.261 e. The summed E-state index contributed by atoms with van der Waals surface area (Å²) >= 11 is 3.32. The molecule has 5 heteroatoms. The lowest BCUT2D eigenvalue weighted by Crippen LogP contribution is -2.31. The van der Waals surface area contributed by atoms with Crippen molar-refractivity contribution < 1.29 is 9.90 Å². The van der Waals surface area contributed by atoms with Gasteiger partial charge in [-0.25, -0.2) is 0 Å². The molecule has 1 unspecified atom stereocenters. The van der Waals surface area contributed by atoms with E-state index in [0.29, 0.717) is 10.1 Å². The van der Waals surface area contributed by atoms with Crippen LogP contribution in [0.3, 0.4) is 0 Å². The minimum absolute atomic E-state index is 0.0202. The second-order valence-corrected chi connectivity index (χ2v) is 6.81. The smallest absolute Gasteiger partial charge is 0.261 e. The SMILES string of the molecule is O=C(NCC1CCCCS1)c1ccc(C#CCO)s1. The summed E-state index contributed by atoms with van der Waals surface area (Å²) in [5.41, 5.74) is 0. The van der Waals surface area contributed by atoms with Gasteiger partial charge in [0.1, 0.15) is 6.61 Å². The van der Waals surface area contributed by atoms with Gasteiger partial charge in [0.2, 0.25) is 0 Å². The molecule has 1 saturated heterocycles. The van der Waals surface area contributed by atoms with Crippen molar-refractivity contribution in [3.8, 4) is 11.8 Å². The first-order chi connectivity index (χ1) is 9.29. The number of hydrogen-bond donors (Lipinski definition) is 2. The Morgan fingerprint density at radius 3 is 3.11 bits per heavy atom. The summed E-state index contributed by atoms with van der Waals surface area (Å²) in [4.78, 5) is 13.5. The zero-order valence-electron chi connectivity index (χ0n) is 10.6. The van der Waals surface area contributed by atoms with Crippen LogP contribution in [0.5, 0.6) is 0 Å². The number of carbonyl (C=O) groups excluding carboxylic acids is 1. The minimum atomic E-state index is -0.154. The minimum Gasteiger partial charge on any atom is -0.384 e. The molecule has 19 heavy (non-hydrogen) atoms. The van der Waals surface area contributed by atoms with Crippen LogP contribution in [0.15, 0.2) is 12.1 Å². The summed E-state index contributed by atoms with van der Waals surface area (Å²) in [5.74, 6) is 6.58. The van der Waals surface area contributed by atoms with Crippen molar-refractivity contribution in [2.45, 2.75) is 24.5 Å². The van der Waals surface area contributed by atoms with Gasteiger partial charge in [-0.2, -0.15) is 11.8 Å². The monoisotopic (exact) mass is 295 g/mol. The fourth-order valence-electron chi connectivity index (χ4n) is 1.92. The molecule has 0 radical (unpaired) electrons. The number of aliphatic hydroxyl groups is 1. The second kappa shape index (κ2) is 7.59. The Morgan fingerprint density at radius 1 is 1.47 bits per heavy atom. The van der Waals surface area contributed by atoms with E-state index in [1.165, 1.54) is 36.4 Å². The van der Waals surface area contributed by atoms with Crippen LogP contribution in [0.2, 0.25) is 0 Å². The Morgan fingerprint density at radius 2 is 2.37 bits per heavy atom. The van der Waals surface area contributed by atoms with Crippen LogP contribution in [-0.4, -0.2) is 35.2 Å². The van der Waals surface area contributed by atoms with Gasteiger partial charge < -0.3 is 10.4 Å². The fraction of sp³-hybridized carbons (Fsp3) is 0.500. The first kappa shape index (κ1) is 14.4. The molecule has 3 nitrogen and oxygen atoms in total. The highest BCUT2D eigenvalue weighted by atomic mass is 32.2. The average Bonchev–Trinajstić information content (AvgIpc) is 2.92. The van der Waals surface area contributed by atoms with E-state index in [4.69, 9.17) is 5.11 Å². The van der Waals surface area contributed by atoms with E-state index >= 15 is 0 Å². The summed E-state index contributed by atoms with van der Waals surface area (Å²) in [6, 6.07) is 3.60. The van der Waals surface area contributed by atoms with Crippen LogP contribution < -0.4 is 5.32 Å². The second-order valence-electron chi connectivity index (χ2n) is 4.32. The van der Waals surface area contributed by atoms with Gasteiger partial charge in [-0.15, -0.1) is 11.3 Å². The lowest BCUT2D eigenvalue weighted by Gasteiger charge is -2.21. The molecule has 1 aromatic rings. The van der Waals surface area contributed by atoms with Crippen molar-refractivity contribution in [2.75, 3.05) is 18.9 Å². The molecule has 1 aliphatic rings. The Balaban J connectivity index is 1.83. The normalized spacial score (nSPS) is 18.5. The molecule has 2 N–H and O–H groups in total. The first-order valence-corrected chi connectivity index (χ1v) is 8.25. The number of rotatable bonds is 3. The van der Waals surface area contributed by atoms with Crippen LogP contribution in [0.1, 0.15) is 33.8 Å². The number of nitrogens with one attached hydrogen (secondary N) is 1. The molecule has 0 saturated carbocycles. The summed E-state index contributed by atoms with van der Waals surface area (Å²) in [6.45, 7) is 0.595. The quantitative estimate of drug-likeness (QED) is 0.840. The van der Waals surface area contributed by atoms with Crippen LogP contribution in [0.25, 0.3) is 0 Å². The van der Waals surface area contributed by atoms with E-state index in [2.05, 4.69) is 17.2 Å². The molecule has 0 bridgehead atoms. The Kier molecular flexibility index (Phi) is 5.77. The molecule has 1 aliphatic heterocycles. The van der Waals surface area contributed by atoms with Gasteiger partial charge in [-0.1, -0.05) is 18.3 Å². The first-order valence-electron chi connectivity index (χ1n) is 6.39. The van der Waals surface area contributed by atoms with Crippen molar-refractivity contribution in [1.29, 1.82) is 0 Å². The van der Waals surface area contributed by atoms with Gasteiger partial charge in [-0.05, 0) is 30.7 Å². The van der Waals surface area contributed by atoms with Gasteiger partial charge in [0.05, 0.1) is 9.75 Å². The van der Waals surface area contributed by atoms with Crippen LogP contribution in [-0.2, 0) is 0 Å². The predicted molar refractivity (Wildman–Crippen MR) is 80.7 cm³/mol. The molecule has 0 spiro atoms. The number of thioether (sulfide) groups is 1. The lowest BCUT2D eigenvalue weighted by atomic mass is 10.2. The zero-order valence-corrected chi connectivity index (χ0v) is 12.3. The molecule has 2 rings (SSSR count). The van der Waals surface area contributed by atoms with Crippen molar-refractivity contribution in [3.05, 3.63) is 21.9 Å². The number of thiophene rings is 1. The van der Waals surface area contributed by atoms with E-state index in [9.17, 15) is 4.79 Å². The Hall–Kier alpha value is -0.960. The van der Waals surface area contributed by atoms with E-state index in [1.807, 2.05) is 17.8 Å². The van der Waals surface area contributed by atoms with E-state index < -0.39 is 0 Å². The number of carbonyl (C=O) groups is 1. The van der Waals surface area contributed by atoms with Crippen molar-refractivity contribution in [3.63, 3.8) is 0 Å². The van der Waals surface area contributed by atoms with Crippen LogP contribution in [0.4, 0.5) is 0 Å². The molecular formula is C14H17NO2S2. The molecular weight excluding hydrogens is 278 g/mol. The standard InChI is InChI=1S/C14H17NO2S2/c16-8-3-5-11-6-7-13(19-11)14(17)15-10-12-4-1-2-9-18-12/h6-7,12,16H,1-2,4,8-10H2,(H,15,17). The topological polar surface area (TPSA) is 49.3 Å². The molecule has 1 atom stereocenters. The average molecular weight is 295 g/mol. The number of amides is 1. The highest BCUT2D eigenvalue weighted by Gasteiger charge is 2.15. The van der Waals surface area contributed by atoms with Gasteiger partial charge in [0.25, 0.3) is 5.91 Å². The third-order valence-electron chi connectivity index (χ3n) is 2.88. The Labute approximate surface area is 121 Å². The number of hydrogen-bond acceptors (Lipinski definition) is 4. The summed E-state index contributed by atoms with van der Waals surface area (Å²) in [6.07, 6.45) is 3.77. The molecule has 1 amide bonds. The fourth-order valence-corrected chi connectivity index (χ4v) is 3.95. The third-order valence-corrected chi connectivity index (χ3v) is 5.28. The molecule has 102 valence electrons. The van der Waals surface area contributed by atoms with Crippen molar-refractivity contribution in [1.82, 2.24) is 5.32 Å². The van der Waals surface area contributed by atoms with Gasteiger partial charge in [0.15, 0.2) is 0 Å². The summed E-state index contributed by atoms with van der Waals surface area (Å²) in [5, 5.41) is 12.2. The maximum atomic E-state index is 12.0. The van der Waals surface area contributed by atoms with Crippen molar-refractivity contribution in [2.24, 2.45) is 0 Å². The summed E-state index contributed by atoms with van der Waals surface area (Å²) < 4.78 is 0. The van der Waals surface area contributed by atoms with Crippen LogP contribution in [0, 0.1) is 11.8 Å². The van der Waals surface area contributed by atoms with Gasteiger partial charge in [-0.3, -0.25) is 4.79 Å². The van der Waals surface area contributed by atoms with Crippen LogP contribution >= 0.6 is 23.1 Å². The van der Waals surface area contributed by atoms with Gasteiger partial charge in [0, 0.05) is 11.8 Å². The largest absolute Gasteiger partial charge is 0.384 e. The third kappa shape index (κ3) is 4.57. The maximum absolute atomic E-state index is 12.0. The molecule has 0 aromatic carbocycles. The van der Waals surface area contributed by atoms with E-state index in [1.54, 1.807) is 6.07 Å². The zero-order chi connectivity index (χ0) is 13.5. The highest BCUT2D eigenvalue weighted by Crippen LogP contribution is 2.24. The van der Waals surface area contributed by atoms with Gasteiger partial charge >= 0.3 is 0 Å². The number of aliphatic hydroxyl groups excluding tert-OH is 1. The summed E-state index contributed by atoms with van der Waals surface area (Å²) in [7, 11) is 0. The Bertz CT molecular complexity index is 481.